The van der Waals surface area contributed by atoms with Gasteiger partial charge in [0.15, 0.2) is 4.34 Å². The third-order valence-electron chi connectivity index (χ3n) is 1.97. The van der Waals surface area contributed by atoms with Gasteiger partial charge in [-0.1, -0.05) is 23.4 Å². The summed E-state index contributed by atoms with van der Waals surface area (Å²) in [6.07, 6.45) is 1.71. The number of nitrogens with zero attached hydrogens (tertiary/aromatic N) is 1. The second kappa shape index (κ2) is 4.67. The quantitative estimate of drug-likeness (QED) is 0.909. The lowest BCUT2D eigenvalue weighted by Crippen LogP contribution is -1.99. The number of carbonyl (C=O) groups is 1. The van der Waals surface area contributed by atoms with Crippen LogP contribution in [0.5, 0.6) is 0 Å². The SMILES string of the molecule is Cc1ccc(Sc2nccs2)c(C(=O)O)c1. The highest BCUT2D eigenvalue weighted by atomic mass is 32.2. The number of aryl methyl sites for hydroxylation is 1. The Morgan fingerprint density at radius 2 is 2.31 bits per heavy atom. The highest BCUT2D eigenvalue weighted by molar-refractivity contribution is 8.01. The van der Waals surface area contributed by atoms with Crippen molar-refractivity contribution in [3.8, 4) is 0 Å². The normalized spacial score (nSPS) is 10.3. The number of hydrogen-bond acceptors (Lipinski definition) is 4. The van der Waals surface area contributed by atoms with Gasteiger partial charge in [0.1, 0.15) is 0 Å². The molecule has 0 radical (unpaired) electrons. The molecule has 0 unspecified atom stereocenters. The van der Waals surface area contributed by atoms with Crippen LogP contribution in [0.25, 0.3) is 0 Å². The fourth-order valence-electron chi connectivity index (χ4n) is 1.25. The minimum absolute atomic E-state index is 0.334. The molecule has 5 heteroatoms. The summed E-state index contributed by atoms with van der Waals surface area (Å²) in [6.45, 7) is 1.88. The van der Waals surface area contributed by atoms with E-state index in [1.807, 2.05) is 24.4 Å². The van der Waals surface area contributed by atoms with Crippen molar-refractivity contribution in [2.24, 2.45) is 0 Å². The van der Waals surface area contributed by atoms with Crippen LogP contribution in [0.3, 0.4) is 0 Å². The predicted molar refractivity (Wildman–Crippen MR) is 64.4 cm³/mol. The lowest BCUT2D eigenvalue weighted by molar-refractivity contribution is 0.0693. The molecule has 0 aliphatic rings. The van der Waals surface area contributed by atoms with Crippen LogP contribution >= 0.6 is 23.1 Å². The van der Waals surface area contributed by atoms with Crippen molar-refractivity contribution in [1.82, 2.24) is 4.98 Å². The number of benzene rings is 1. The number of hydrogen-bond donors (Lipinski definition) is 1. The lowest BCUT2D eigenvalue weighted by atomic mass is 10.1. The molecule has 0 atom stereocenters. The maximum atomic E-state index is 11.1. The molecule has 0 saturated carbocycles. The van der Waals surface area contributed by atoms with Gasteiger partial charge in [0.05, 0.1) is 5.56 Å². The van der Waals surface area contributed by atoms with E-state index in [0.29, 0.717) is 5.56 Å². The molecule has 82 valence electrons. The molecule has 3 nitrogen and oxygen atoms in total. The smallest absolute Gasteiger partial charge is 0.336 e. The van der Waals surface area contributed by atoms with Crippen LogP contribution in [-0.4, -0.2) is 16.1 Å². The molecule has 0 bridgehead atoms. The van der Waals surface area contributed by atoms with Gasteiger partial charge in [0, 0.05) is 16.5 Å². The summed E-state index contributed by atoms with van der Waals surface area (Å²) in [4.78, 5) is 15.9. The van der Waals surface area contributed by atoms with Crippen molar-refractivity contribution in [2.45, 2.75) is 16.2 Å². The zero-order valence-electron chi connectivity index (χ0n) is 8.51. The average molecular weight is 251 g/mol. The fourth-order valence-corrected chi connectivity index (χ4v) is 2.94. The minimum atomic E-state index is -0.900. The summed E-state index contributed by atoms with van der Waals surface area (Å²) in [5, 5.41) is 11.0. The first kappa shape index (κ1) is 11.2. The topological polar surface area (TPSA) is 50.2 Å². The molecule has 16 heavy (non-hydrogen) atoms. The van der Waals surface area contributed by atoms with Crippen LogP contribution in [0.15, 0.2) is 39.0 Å². The molecule has 1 N–H and O–H groups in total. The van der Waals surface area contributed by atoms with Crippen LogP contribution in [0.2, 0.25) is 0 Å². The number of thiazole rings is 1. The fraction of sp³-hybridized carbons (Fsp3) is 0.0909. The molecule has 0 spiro atoms. The van der Waals surface area contributed by atoms with Crippen LogP contribution in [-0.2, 0) is 0 Å². The van der Waals surface area contributed by atoms with E-state index in [1.165, 1.54) is 23.1 Å². The zero-order valence-corrected chi connectivity index (χ0v) is 10.1. The maximum absolute atomic E-state index is 11.1. The summed E-state index contributed by atoms with van der Waals surface area (Å²) in [5.41, 5.74) is 1.28. The minimum Gasteiger partial charge on any atom is -0.478 e. The van der Waals surface area contributed by atoms with E-state index in [0.717, 1.165) is 14.8 Å². The van der Waals surface area contributed by atoms with Gasteiger partial charge in [-0.15, -0.1) is 11.3 Å². The first-order chi connectivity index (χ1) is 7.66. The molecule has 0 aliphatic heterocycles. The van der Waals surface area contributed by atoms with Crippen molar-refractivity contribution in [1.29, 1.82) is 0 Å². The molecule has 0 amide bonds. The molecule has 0 saturated heterocycles. The Labute approximate surface area is 101 Å². The van der Waals surface area contributed by atoms with Crippen molar-refractivity contribution in [3.05, 3.63) is 40.9 Å². The third-order valence-corrected chi connectivity index (χ3v) is 3.93. The molecular formula is C11H9NO2S2. The van der Waals surface area contributed by atoms with Gasteiger partial charge < -0.3 is 5.11 Å². The monoisotopic (exact) mass is 251 g/mol. The molecule has 2 rings (SSSR count). The van der Waals surface area contributed by atoms with Gasteiger partial charge in [-0.2, -0.15) is 0 Å². The highest BCUT2D eigenvalue weighted by Crippen LogP contribution is 2.32. The first-order valence-electron chi connectivity index (χ1n) is 4.58. The van der Waals surface area contributed by atoms with Gasteiger partial charge in [-0.05, 0) is 19.1 Å². The second-order valence-electron chi connectivity index (χ2n) is 3.20. The predicted octanol–water partition coefficient (Wildman–Crippen LogP) is 3.30. The van der Waals surface area contributed by atoms with Crippen LogP contribution in [0.1, 0.15) is 15.9 Å². The molecule has 1 heterocycles. The molecule has 1 aromatic carbocycles. The van der Waals surface area contributed by atoms with Gasteiger partial charge in [-0.25, -0.2) is 9.78 Å². The zero-order chi connectivity index (χ0) is 11.5. The van der Waals surface area contributed by atoms with Crippen molar-refractivity contribution in [2.75, 3.05) is 0 Å². The standard InChI is InChI=1S/C11H9NO2S2/c1-7-2-3-9(8(6-7)10(13)14)16-11-12-4-5-15-11/h2-6H,1H3,(H,13,14). The van der Waals surface area contributed by atoms with E-state index in [4.69, 9.17) is 5.11 Å². The van der Waals surface area contributed by atoms with Gasteiger partial charge in [-0.3, -0.25) is 0 Å². The average Bonchev–Trinajstić information content (AvgIpc) is 2.73. The molecule has 0 fully saturated rings. The molecule has 1 aromatic heterocycles. The largest absolute Gasteiger partial charge is 0.478 e. The van der Waals surface area contributed by atoms with E-state index < -0.39 is 5.97 Å². The Hall–Kier alpha value is -1.33. The number of aromatic nitrogens is 1. The maximum Gasteiger partial charge on any atom is 0.336 e. The Bertz CT molecular complexity index is 509. The summed E-state index contributed by atoms with van der Waals surface area (Å²) >= 11 is 2.89. The number of aromatic carboxylic acids is 1. The van der Waals surface area contributed by atoms with E-state index in [1.54, 1.807) is 12.3 Å². The van der Waals surface area contributed by atoms with E-state index in [-0.39, 0.29) is 0 Å². The number of carboxylic acids is 1. The van der Waals surface area contributed by atoms with Crippen molar-refractivity contribution < 1.29 is 9.90 Å². The number of carboxylic acid groups (broad SMARTS) is 1. The van der Waals surface area contributed by atoms with Crippen LogP contribution in [0.4, 0.5) is 0 Å². The highest BCUT2D eigenvalue weighted by Gasteiger charge is 2.12. The summed E-state index contributed by atoms with van der Waals surface area (Å²) < 4.78 is 0.853. The molecule has 0 aliphatic carbocycles. The first-order valence-corrected chi connectivity index (χ1v) is 6.28. The van der Waals surface area contributed by atoms with Gasteiger partial charge in [0.2, 0.25) is 0 Å². The van der Waals surface area contributed by atoms with E-state index in [9.17, 15) is 4.79 Å². The van der Waals surface area contributed by atoms with Crippen molar-refractivity contribution in [3.63, 3.8) is 0 Å². The van der Waals surface area contributed by atoms with Crippen LogP contribution < -0.4 is 0 Å². The Morgan fingerprint density at radius 3 is 2.94 bits per heavy atom. The molecular weight excluding hydrogens is 242 g/mol. The van der Waals surface area contributed by atoms with Crippen LogP contribution in [0, 0.1) is 6.92 Å². The van der Waals surface area contributed by atoms with Gasteiger partial charge >= 0.3 is 5.97 Å². The third kappa shape index (κ3) is 2.43. The summed E-state index contributed by atoms with van der Waals surface area (Å²) in [6, 6.07) is 5.41. The van der Waals surface area contributed by atoms with E-state index >= 15 is 0 Å². The summed E-state index contributed by atoms with van der Waals surface area (Å²) in [7, 11) is 0. The summed E-state index contributed by atoms with van der Waals surface area (Å²) in [5.74, 6) is -0.900. The lowest BCUT2D eigenvalue weighted by Gasteiger charge is -2.04. The number of rotatable bonds is 3. The Balaban J connectivity index is 2.36. The Kier molecular flexibility index (Phi) is 3.26. The molecule has 2 aromatic rings. The van der Waals surface area contributed by atoms with Crippen molar-refractivity contribution >= 4 is 29.1 Å². The Morgan fingerprint density at radius 1 is 1.50 bits per heavy atom. The van der Waals surface area contributed by atoms with E-state index in [2.05, 4.69) is 4.98 Å². The van der Waals surface area contributed by atoms with Gasteiger partial charge in [0.25, 0.3) is 0 Å². The second-order valence-corrected chi connectivity index (χ2v) is 5.39.